The summed E-state index contributed by atoms with van der Waals surface area (Å²) in [6.45, 7) is 5.39. The molecule has 2 aromatic rings. The number of aromatic nitrogens is 2. The predicted molar refractivity (Wildman–Crippen MR) is 98.3 cm³/mol. The number of methoxy groups -OCH3 is 1. The molecule has 2 aromatic heterocycles. The Balaban J connectivity index is 1.59. The molecule has 1 atom stereocenters. The van der Waals surface area contributed by atoms with Gasteiger partial charge in [0.05, 0.1) is 42.7 Å². The molecule has 1 saturated heterocycles. The Bertz CT molecular complexity index is 838. The van der Waals surface area contributed by atoms with Crippen molar-refractivity contribution in [3.63, 3.8) is 0 Å². The monoisotopic (exact) mass is 391 g/mol. The number of thiazole rings is 1. The standard InChI is InChI=1S/C18H21N3O5S/c1-11-16(27-12(2)20-11)17(22)21-4-5-25-15(9-21)10-26-14-6-13(7-19-8-14)18(23)24-3/h6-8,15H,4-5,9-10H2,1-3H3. The fourth-order valence-electron chi connectivity index (χ4n) is 2.79. The van der Waals surface area contributed by atoms with Crippen LogP contribution in [0.3, 0.4) is 0 Å². The van der Waals surface area contributed by atoms with E-state index >= 15 is 0 Å². The van der Waals surface area contributed by atoms with Gasteiger partial charge in [-0.1, -0.05) is 0 Å². The van der Waals surface area contributed by atoms with Gasteiger partial charge in [-0.25, -0.2) is 9.78 Å². The number of pyridine rings is 1. The van der Waals surface area contributed by atoms with Gasteiger partial charge in [0, 0.05) is 12.7 Å². The number of hydrogen-bond acceptors (Lipinski definition) is 8. The zero-order chi connectivity index (χ0) is 19.4. The summed E-state index contributed by atoms with van der Waals surface area (Å²) in [6, 6.07) is 1.56. The van der Waals surface area contributed by atoms with Gasteiger partial charge < -0.3 is 19.1 Å². The highest BCUT2D eigenvalue weighted by atomic mass is 32.1. The van der Waals surface area contributed by atoms with Gasteiger partial charge in [0.2, 0.25) is 0 Å². The molecule has 0 spiro atoms. The summed E-state index contributed by atoms with van der Waals surface area (Å²) in [6.07, 6.45) is 2.66. The van der Waals surface area contributed by atoms with Gasteiger partial charge in [-0.05, 0) is 19.9 Å². The SMILES string of the molecule is COC(=O)c1cncc(OCC2CN(C(=O)c3sc(C)nc3C)CCO2)c1. The van der Waals surface area contributed by atoms with E-state index in [1.165, 1.54) is 30.8 Å². The predicted octanol–water partition coefficient (Wildman–Crippen LogP) is 1.86. The lowest BCUT2D eigenvalue weighted by Gasteiger charge is -2.32. The van der Waals surface area contributed by atoms with E-state index < -0.39 is 5.97 Å². The molecule has 144 valence electrons. The quantitative estimate of drug-likeness (QED) is 0.719. The molecular formula is C18H21N3O5S. The first-order chi connectivity index (χ1) is 13.0. The summed E-state index contributed by atoms with van der Waals surface area (Å²) in [5, 5.41) is 0.877. The lowest BCUT2D eigenvalue weighted by atomic mass is 10.2. The van der Waals surface area contributed by atoms with Crippen molar-refractivity contribution in [2.45, 2.75) is 20.0 Å². The number of esters is 1. The fraction of sp³-hybridized carbons (Fsp3) is 0.444. The van der Waals surface area contributed by atoms with E-state index in [4.69, 9.17) is 9.47 Å². The zero-order valence-corrected chi connectivity index (χ0v) is 16.2. The summed E-state index contributed by atoms with van der Waals surface area (Å²) < 4.78 is 16.1. The van der Waals surface area contributed by atoms with Crippen LogP contribution in [0.25, 0.3) is 0 Å². The molecule has 1 unspecified atom stereocenters. The van der Waals surface area contributed by atoms with Crippen molar-refractivity contribution in [3.05, 3.63) is 39.6 Å². The maximum atomic E-state index is 12.7. The first kappa shape index (κ1) is 19.2. The molecule has 0 radical (unpaired) electrons. The molecule has 1 aliphatic rings. The highest BCUT2D eigenvalue weighted by Crippen LogP contribution is 2.21. The summed E-state index contributed by atoms with van der Waals surface area (Å²) in [7, 11) is 1.31. The van der Waals surface area contributed by atoms with Crippen molar-refractivity contribution in [1.82, 2.24) is 14.9 Å². The average Bonchev–Trinajstić information content (AvgIpc) is 3.03. The van der Waals surface area contributed by atoms with Crippen LogP contribution in [-0.2, 0) is 9.47 Å². The van der Waals surface area contributed by atoms with Crippen LogP contribution >= 0.6 is 11.3 Å². The number of amides is 1. The fourth-order valence-corrected chi connectivity index (χ4v) is 3.68. The van der Waals surface area contributed by atoms with Crippen LogP contribution in [0.5, 0.6) is 5.75 Å². The van der Waals surface area contributed by atoms with Crippen molar-refractivity contribution < 1.29 is 23.8 Å². The number of hydrogen-bond donors (Lipinski definition) is 0. The number of nitrogens with zero attached hydrogens (tertiary/aromatic N) is 3. The molecule has 1 aliphatic heterocycles. The van der Waals surface area contributed by atoms with Crippen LogP contribution in [0.1, 0.15) is 30.7 Å². The van der Waals surface area contributed by atoms with E-state index in [2.05, 4.69) is 14.7 Å². The van der Waals surface area contributed by atoms with Gasteiger partial charge in [0.15, 0.2) is 0 Å². The lowest BCUT2D eigenvalue weighted by Crippen LogP contribution is -2.47. The maximum absolute atomic E-state index is 12.7. The Morgan fingerprint density at radius 1 is 1.37 bits per heavy atom. The Morgan fingerprint density at radius 2 is 2.19 bits per heavy atom. The molecule has 3 heterocycles. The van der Waals surface area contributed by atoms with Crippen LogP contribution in [0.4, 0.5) is 0 Å². The summed E-state index contributed by atoms with van der Waals surface area (Å²) in [5.41, 5.74) is 1.07. The third-order valence-corrected chi connectivity index (χ3v) is 5.15. The zero-order valence-electron chi connectivity index (χ0n) is 15.4. The van der Waals surface area contributed by atoms with Crippen LogP contribution in [-0.4, -0.2) is 66.3 Å². The second-order valence-electron chi connectivity index (χ2n) is 6.10. The number of rotatable bonds is 5. The van der Waals surface area contributed by atoms with Gasteiger partial charge in [0.1, 0.15) is 23.3 Å². The number of ether oxygens (including phenoxy) is 3. The largest absolute Gasteiger partial charge is 0.489 e. The van der Waals surface area contributed by atoms with Crippen LogP contribution in [0.15, 0.2) is 18.5 Å². The second kappa shape index (κ2) is 8.45. The maximum Gasteiger partial charge on any atom is 0.339 e. The minimum Gasteiger partial charge on any atom is -0.489 e. The third kappa shape index (κ3) is 4.61. The normalized spacial score (nSPS) is 16.9. The Kier molecular flexibility index (Phi) is 6.02. The molecule has 0 bridgehead atoms. The Labute approximate surface area is 161 Å². The molecular weight excluding hydrogens is 370 g/mol. The molecule has 0 N–H and O–H groups in total. The lowest BCUT2D eigenvalue weighted by molar-refractivity contribution is -0.0400. The topological polar surface area (TPSA) is 90.9 Å². The van der Waals surface area contributed by atoms with E-state index in [9.17, 15) is 9.59 Å². The van der Waals surface area contributed by atoms with E-state index in [-0.39, 0.29) is 18.6 Å². The van der Waals surface area contributed by atoms with E-state index in [0.29, 0.717) is 35.9 Å². The van der Waals surface area contributed by atoms with Gasteiger partial charge in [0.25, 0.3) is 5.91 Å². The molecule has 0 aliphatic carbocycles. The van der Waals surface area contributed by atoms with Gasteiger partial charge in [-0.3, -0.25) is 9.78 Å². The smallest absolute Gasteiger partial charge is 0.339 e. The van der Waals surface area contributed by atoms with E-state index in [1.54, 1.807) is 11.0 Å². The Hall–Kier alpha value is -2.52. The van der Waals surface area contributed by atoms with Crippen molar-refractivity contribution in [3.8, 4) is 5.75 Å². The molecule has 8 nitrogen and oxygen atoms in total. The van der Waals surface area contributed by atoms with Crippen molar-refractivity contribution >= 4 is 23.2 Å². The van der Waals surface area contributed by atoms with Crippen molar-refractivity contribution in [2.24, 2.45) is 0 Å². The first-order valence-corrected chi connectivity index (χ1v) is 9.30. The van der Waals surface area contributed by atoms with Gasteiger partial charge >= 0.3 is 5.97 Å². The van der Waals surface area contributed by atoms with Crippen molar-refractivity contribution in [2.75, 3.05) is 33.4 Å². The summed E-state index contributed by atoms with van der Waals surface area (Å²) in [5.74, 6) is -0.0616. The molecule has 1 amide bonds. The van der Waals surface area contributed by atoms with E-state index in [0.717, 1.165) is 10.7 Å². The summed E-state index contributed by atoms with van der Waals surface area (Å²) in [4.78, 5) is 35.0. The molecule has 0 aromatic carbocycles. The van der Waals surface area contributed by atoms with E-state index in [1.807, 2.05) is 13.8 Å². The van der Waals surface area contributed by atoms with Gasteiger partial charge in [-0.2, -0.15) is 0 Å². The van der Waals surface area contributed by atoms with Gasteiger partial charge in [-0.15, -0.1) is 11.3 Å². The molecule has 0 saturated carbocycles. The molecule has 27 heavy (non-hydrogen) atoms. The highest BCUT2D eigenvalue weighted by Gasteiger charge is 2.27. The number of morpholine rings is 1. The first-order valence-electron chi connectivity index (χ1n) is 8.49. The van der Waals surface area contributed by atoms with Crippen molar-refractivity contribution in [1.29, 1.82) is 0 Å². The number of carbonyl (C=O) groups excluding carboxylic acids is 2. The molecule has 9 heteroatoms. The second-order valence-corrected chi connectivity index (χ2v) is 7.31. The van der Waals surface area contributed by atoms with Crippen LogP contribution in [0, 0.1) is 13.8 Å². The highest BCUT2D eigenvalue weighted by molar-refractivity contribution is 7.13. The third-order valence-electron chi connectivity index (χ3n) is 4.09. The molecule has 1 fully saturated rings. The number of aryl methyl sites for hydroxylation is 2. The minimum atomic E-state index is -0.478. The Morgan fingerprint density at radius 3 is 2.89 bits per heavy atom. The average molecular weight is 391 g/mol. The van der Waals surface area contributed by atoms with Crippen LogP contribution in [0.2, 0.25) is 0 Å². The number of carbonyl (C=O) groups is 2. The van der Waals surface area contributed by atoms with Crippen LogP contribution < -0.4 is 4.74 Å². The summed E-state index contributed by atoms with van der Waals surface area (Å²) >= 11 is 1.41. The molecule has 3 rings (SSSR count). The minimum absolute atomic E-state index is 0.0271.